The Morgan fingerprint density at radius 1 is 1.26 bits per heavy atom. The average Bonchev–Trinajstić information content (AvgIpc) is 2.47. The Bertz CT molecular complexity index is 580. The molecule has 0 saturated carbocycles. The third kappa shape index (κ3) is 2.55. The number of rotatable bonds is 2. The van der Waals surface area contributed by atoms with E-state index >= 15 is 0 Å². The minimum atomic E-state index is 0.405. The number of nitrogens with zero attached hydrogens (tertiary/aromatic N) is 2. The van der Waals surface area contributed by atoms with Crippen LogP contribution >= 0.6 is 15.9 Å². The van der Waals surface area contributed by atoms with Gasteiger partial charge in [-0.25, -0.2) is 9.97 Å². The Labute approximate surface area is 121 Å². The van der Waals surface area contributed by atoms with Gasteiger partial charge in [0.05, 0.1) is 0 Å². The van der Waals surface area contributed by atoms with Gasteiger partial charge in [0.2, 0.25) is 0 Å². The highest BCUT2D eigenvalue weighted by Gasteiger charge is 2.20. The van der Waals surface area contributed by atoms with Crippen LogP contribution in [-0.2, 0) is 6.42 Å². The molecule has 0 aliphatic heterocycles. The molecule has 3 rings (SSSR count). The quantitative estimate of drug-likeness (QED) is 0.921. The summed E-state index contributed by atoms with van der Waals surface area (Å²) in [6.07, 6.45) is 5.40. The smallest absolute Gasteiger partial charge is 0.159 e. The van der Waals surface area contributed by atoms with E-state index in [0.29, 0.717) is 6.04 Å². The van der Waals surface area contributed by atoms with E-state index in [1.54, 1.807) is 0 Å². The highest BCUT2D eigenvalue weighted by molar-refractivity contribution is 9.10. The number of fused-ring (bicyclic) bond motifs is 1. The van der Waals surface area contributed by atoms with Crippen LogP contribution in [0.4, 0.5) is 0 Å². The Morgan fingerprint density at radius 2 is 2.05 bits per heavy atom. The van der Waals surface area contributed by atoms with Gasteiger partial charge in [0.25, 0.3) is 0 Å². The minimum absolute atomic E-state index is 0.405. The molecule has 2 aromatic rings. The summed E-state index contributed by atoms with van der Waals surface area (Å²) in [5, 5.41) is 3.34. The van der Waals surface area contributed by atoms with Crippen molar-refractivity contribution in [1.29, 1.82) is 0 Å². The SMILES string of the molecule is CNC1CCCc2nc(-c3ccc(Br)cc3)ncc21. The fraction of sp³-hybridized carbons (Fsp3) is 0.333. The second-order valence-corrected chi connectivity index (χ2v) is 5.75. The lowest BCUT2D eigenvalue weighted by molar-refractivity contribution is 0.488. The lowest BCUT2D eigenvalue weighted by Gasteiger charge is -2.24. The Morgan fingerprint density at radius 3 is 2.79 bits per heavy atom. The zero-order valence-electron chi connectivity index (χ0n) is 10.9. The largest absolute Gasteiger partial charge is 0.313 e. The number of hydrogen-bond acceptors (Lipinski definition) is 3. The fourth-order valence-corrected chi connectivity index (χ4v) is 2.85. The molecule has 0 bridgehead atoms. The van der Waals surface area contributed by atoms with Crippen molar-refractivity contribution in [3.8, 4) is 11.4 Å². The first-order valence-corrected chi connectivity index (χ1v) is 7.36. The van der Waals surface area contributed by atoms with Gasteiger partial charge in [-0.1, -0.05) is 28.1 Å². The molecule has 1 aromatic carbocycles. The second kappa shape index (κ2) is 5.39. The van der Waals surface area contributed by atoms with Crippen LogP contribution in [0.15, 0.2) is 34.9 Å². The van der Waals surface area contributed by atoms with Gasteiger partial charge < -0.3 is 5.32 Å². The van der Waals surface area contributed by atoms with Crippen molar-refractivity contribution < 1.29 is 0 Å². The second-order valence-electron chi connectivity index (χ2n) is 4.84. The van der Waals surface area contributed by atoms with E-state index in [1.165, 1.54) is 24.1 Å². The van der Waals surface area contributed by atoms with E-state index in [9.17, 15) is 0 Å². The molecule has 19 heavy (non-hydrogen) atoms. The summed E-state index contributed by atoms with van der Waals surface area (Å²) in [4.78, 5) is 9.27. The van der Waals surface area contributed by atoms with Gasteiger partial charge in [0.1, 0.15) is 0 Å². The van der Waals surface area contributed by atoms with Crippen molar-refractivity contribution in [2.45, 2.75) is 25.3 Å². The molecule has 3 nitrogen and oxygen atoms in total. The fourth-order valence-electron chi connectivity index (χ4n) is 2.58. The van der Waals surface area contributed by atoms with Gasteiger partial charge in [-0.05, 0) is 38.4 Å². The van der Waals surface area contributed by atoms with E-state index in [1.807, 2.05) is 37.5 Å². The number of benzene rings is 1. The van der Waals surface area contributed by atoms with Gasteiger partial charge >= 0.3 is 0 Å². The first-order valence-electron chi connectivity index (χ1n) is 6.57. The first kappa shape index (κ1) is 12.8. The molecule has 0 amide bonds. The normalized spacial score (nSPS) is 18.1. The van der Waals surface area contributed by atoms with Gasteiger partial charge in [0.15, 0.2) is 5.82 Å². The maximum absolute atomic E-state index is 4.74. The van der Waals surface area contributed by atoms with Gasteiger partial charge in [-0.2, -0.15) is 0 Å². The highest BCUT2D eigenvalue weighted by Crippen LogP contribution is 2.29. The molecule has 1 aliphatic rings. The van der Waals surface area contributed by atoms with Crippen molar-refractivity contribution in [3.63, 3.8) is 0 Å². The van der Waals surface area contributed by atoms with Crippen LogP contribution in [-0.4, -0.2) is 17.0 Å². The van der Waals surface area contributed by atoms with Crippen LogP contribution in [0.5, 0.6) is 0 Å². The number of aromatic nitrogens is 2. The molecule has 1 N–H and O–H groups in total. The van der Waals surface area contributed by atoms with E-state index in [-0.39, 0.29) is 0 Å². The van der Waals surface area contributed by atoms with E-state index in [0.717, 1.165) is 22.3 Å². The summed E-state index contributed by atoms with van der Waals surface area (Å²) in [5.41, 5.74) is 3.52. The average molecular weight is 318 g/mol. The summed E-state index contributed by atoms with van der Waals surface area (Å²) >= 11 is 3.45. The third-order valence-electron chi connectivity index (χ3n) is 3.63. The van der Waals surface area contributed by atoms with Crippen molar-refractivity contribution in [2.75, 3.05) is 7.05 Å². The van der Waals surface area contributed by atoms with Crippen molar-refractivity contribution in [3.05, 3.63) is 46.2 Å². The third-order valence-corrected chi connectivity index (χ3v) is 4.16. The van der Waals surface area contributed by atoms with E-state index in [2.05, 4.69) is 26.2 Å². The molecule has 1 aliphatic carbocycles. The van der Waals surface area contributed by atoms with Crippen LogP contribution in [0.1, 0.15) is 30.1 Å². The van der Waals surface area contributed by atoms with Crippen LogP contribution in [0.25, 0.3) is 11.4 Å². The standard InChI is InChI=1S/C15H16BrN3/c1-17-13-3-2-4-14-12(13)9-18-15(19-14)10-5-7-11(16)8-6-10/h5-9,13,17H,2-4H2,1H3. The van der Waals surface area contributed by atoms with Crippen molar-refractivity contribution >= 4 is 15.9 Å². The van der Waals surface area contributed by atoms with Crippen LogP contribution in [0, 0.1) is 0 Å². The summed E-state index contributed by atoms with van der Waals surface area (Å²) in [7, 11) is 2.00. The Hall–Kier alpha value is -1.26. The van der Waals surface area contributed by atoms with Gasteiger partial charge in [-0.3, -0.25) is 0 Å². The highest BCUT2D eigenvalue weighted by atomic mass is 79.9. The summed E-state index contributed by atoms with van der Waals surface area (Å²) in [6, 6.07) is 8.54. The molecule has 1 heterocycles. The molecule has 1 aromatic heterocycles. The zero-order chi connectivity index (χ0) is 13.2. The molecule has 1 atom stereocenters. The molecular weight excluding hydrogens is 302 g/mol. The van der Waals surface area contributed by atoms with Crippen LogP contribution in [0.3, 0.4) is 0 Å². The van der Waals surface area contributed by atoms with E-state index in [4.69, 9.17) is 4.98 Å². The van der Waals surface area contributed by atoms with Gasteiger partial charge in [0, 0.05) is 33.5 Å². The summed E-state index contributed by atoms with van der Waals surface area (Å²) in [5.74, 6) is 0.822. The van der Waals surface area contributed by atoms with E-state index < -0.39 is 0 Å². The number of halogens is 1. The number of nitrogens with one attached hydrogen (secondary N) is 1. The minimum Gasteiger partial charge on any atom is -0.313 e. The molecular formula is C15H16BrN3. The lowest BCUT2D eigenvalue weighted by atomic mass is 9.92. The van der Waals surface area contributed by atoms with Crippen molar-refractivity contribution in [1.82, 2.24) is 15.3 Å². The monoisotopic (exact) mass is 317 g/mol. The predicted molar refractivity (Wildman–Crippen MR) is 79.9 cm³/mol. The first-order chi connectivity index (χ1) is 9.28. The van der Waals surface area contributed by atoms with Crippen molar-refractivity contribution in [2.24, 2.45) is 0 Å². The van der Waals surface area contributed by atoms with Crippen LogP contribution in [0.2, 0.25) is 0 Å². The maximum Gasteiger partial charge on any atom is 0.159 e. The number of hydrogen-bond donors (Lipinski definition) is 1. The summed E-state index contributed by atoms with van der Waals surface area (Å²) < 4.78 is 1.07. The number of aryl methyl sites for hydroxylation is 1. The Kier molecular flexibility index (Phi) is 3.62. The molecule has 1 unspecified atom stereocenters. The zero-order valence-corrected chi connectivity index (χ0v) is 12.4. The molecule has 4 heteroatoms. The van der Waals surface area contributed by atoms with Crippen LogP contribution < -0.4 is 5.32 Å². The molecule has 0 spiro atoms. The topological polar surface area (TPSA) is 37.8 Å². The van der Waals surface area contributed by atoms with Gasteiger partial charge in [-0.15, -0.1) is 0 Å². The Balaban J connectivity index is 1.99. The maximum atomic E-state index is 4.74. The lowest BCUT2D eigenvalue weighted by Crippen LogP contribution is -2.22. The molecule has 0 radical (unpaired) electrons. The molecule has 98 valence electrons. The molecule has 0 saturated heterocycles. The predicted octanol–water partition coefficient (Wildman–Crippen LogP) is 3.50. The summed E-state index contributed by atoms with van der Waals surface area (Å²) in [6.45, 7) is 0. The molecule has 0 fully saturated rings.